The zero-order valence-corrected chi connectivity index (χ0v) is 10.6. The largest absolute Gasteiger partial charge is 0.486 e. The lowest BCUT2D eigenvalue weighted by atomic mass is 10.2. The summed E-state index contributed by atoms with van der Waals surface area (Å²) in [5.41, 5.74) is 0. The van der Waals surface area contributed by atoms with Crippen LogP contribution in [0.25, 0.3) is 0 Å². The third-order valence-electron chi connectivity index (χ3n) is 2.54. The minimum absolute atomic E-state index is 0.0890. The molecule has 94 valence electrons. The quantitative estimate of drug-likeness (QED) is 0.759. The molecule has 0 amide bonds. The molecule has 0 aliphatic carbocycles. The maximum absolute atomic E-state index is 11.7. The Kier molecular flexibility index (Phi) is 3.32. The van der Waals surface area contributed by atoms with Crippen molar-refractivity contribution in [2.24, 2.45) is 0 Å². The van der Waals surface area contributed by atoms with Crippen LogP contribution in [0.3, 0.4) is 0 Å². The first-order valence-electron chi connectivity index (χ1n) is 5.24. The van der Waals surface area contributed by atoms with E-state index in [2.05, 4.69) is 4.98 Å². The number of aromatic nitrogens is 1. The van der Waals surface area contributed by atoms with Crippen LogP contribution in [-0.4, -0.2) is 55.3 Å². The molecule has 0 atom stereocenters. The highest BCUT2D eigenvalue weighted by Crippen LogP contribution is 2.20. The third-order valence-corrected chi connectivity index (χ3v) is 4.41. The van der Waals surface area contributed by atoms with E-state index in [1.807, 2.05) is 0 Å². The Morgan fingerprint density at radius 2 is 2.18 bits per heavy atom. The van der Waals surface area contributed by atoms with Crippen LogP contribution in [0, 0.1) is 0 Å². The fourth-order valence-electron chi connectivity index (χ4n) is 1.50. The molecule has 0 radical (unpaired) electrons. The Balaban J connectivity index is 1.88. The molecule has 7 heteroatoms. The second-order valence-electron chi connectivity index (χ2n) is 4.04. The molecule has 1 aromatic rings. The molecule has 2 rings (SSSR count). The van der Waals surface area contributed by atoms with Crippen LogP contribution in [-0.2, 0) is 10.2 Å². The van der Waals surface area contributed by atoms with Gasteiger partial charge in [0.1, 0.15) is 11.9 Å². The van der Waals surface area contributed by atoms with Crippen molar-refractivity contribution in [1.82, 2.24) is 13.6 Å². The van der Waals surface area contributed by atoms with Crippen LogP contribution < -0.4 is 4.74 Å². The predicted molar refractivity (Wildman–Crippen MR) is 62.8 cm³/mol. The van der Waals surface area contributed by atoms with Crippen LogP contribution in [0.5, 0.6) is 5.75 Å². The highest BCUT2D eigenvalue weighted by molar-refractivity contribution is 7.86. The van der Waals surface area contributed by atoms with Crippen molar-refractivity contribution in [2.75, 3.05) is 27.2 Å². The predicted octanol–water partition coefficient (Wildman–Crippen LogP) is -0.0490. The maximum atomic E-state index is 11.7. The molecule has 1 aromatic heterocycles. The summed E-state index contributed by atoms with van der Waals surface area (Å²) >= 11 is 0. The Labute approximate surface area is 101 Å². The minimum Gasteiger partial charge on any atom is -0.486 e. The van der Waals surface area contributed by atoms with Gasteiger partial charge in [0.15, 0.2) is 0 Å². The second kappa shape index (κ2) is 4.59. The van der Waals surface area contributed by atoms with Crippen molar-refractivity contribution in [3.8, 4) is 5.75 Å². The molecular formula is C10H15N3O3S. The molecule has 1 aliphatic rings. The Morgan fingerprint density at radius 1 is 1.47 bits per heavy atom. The van der Waals surface area contributed by atoms with Crippen molar-refractivity contribution >= 4 is 10.2 Å². The molecular weight excluding hydrogens is 242 g/mol. The number of rotatable bonds is 4. The molecule has 0 N–H and O–H groups in total. The highest BCUT2D eigenvalue weighted by atomic mass is 32.2. The van der Waals surface area contributed by atoms with Crippen LogP contribution in [0.15, 0.2) is 24.5 Å². The van der Waals surface area contributed by atoms with Gasteiger partial charge in [0.05, 0.1) is 19.3 Å². The SMILES string of the molecule is CN(C)S(=O)(=O)N1CC(Oc2cccnc2)C1. The van der Waals surface area contributed by atoms with Crippen LogP contribution >= 0.6 is 0 Å². The second-order valence-corrected chi connectivity index (χ2v) is 6.18. The van der Waals surface area contributed by atoms with E-state index in [-0.39, 0.29) is 6.10 Å². The average molecular weight is 257 g/mol. The van der Waals surface area contributed by atoms with Crippen LogP contribution in [0.2, 0.25) is 0 Å². The van der Waals surface area contributed by atoms with Gasteiger partial charge in [-0.25, -0.2) is 0 Å². The summed E-state index contributed by atoms with van der Waals surface area (Å²) in [6, 6.07) is 3.58. The molecule has 1 aliphatic heterocycles. The minimum atomic E-state index is -3.29. The Morgan fingerprint density at radius 3 is 2.71 bits per heavy atom. The highest BCUT2D eigenvalue weighted by Gasteiger charge is 2.38. The van der Waals surface area contributed by atoms with Gasteiger partial charge in [-0.15, -0.1) is 0 Å². The summed E-state index contributed by atoms with van der Waals surface area (Å²) in [5.74, 6) is 0.666. The number of ether oxygens (including phenoxy) is 1. The van der Waals surface area contributed by atoms with E-state index in [0.717, 1.165) is 0 Å². The van der Waals surface area contributed by atoms with E-state index in [1.54, 1.807) is 24.5 Å². The standard InChI is InChI=1S/C10H15N3O3S/c1-12(2)17(14,15)13-7-10(8-13)16-9-4-3-5-11-6-9/h3-6,10H,7-8H2,1-2H3. The lowest BCUT2D eigenvalue weighted by Crippen LogP contribution is -2.58. The van der Waals surface area contributed by atoms with Crippen molar-refractivity contribution in [2.45, 2.75) is 6.10 Å². The van der Waals surface area contributed by atoms with Gasteiger partial charge in [0.2, 0.25) is 0 Å². The molecule has 17 heavy (non-hydrogen) atoms. The maximum Gasteiger partial charge on any atom is 0.281 e. The molecule has 2 heterocycles. The van der Waals surface area contributed by atoms with E-state index >= 15 is 0 Å². The summed E-state index contributed by atoms with van der Waals surface area (Å²) in [7, 11) is -0.257. The first-order chi connectivity index (χ1) is 8.00. The first kappa shape index (κ1) is 12.3. The van der Waals surface area contributed by atoms with Gasteiger partial charge in [0, 0.05) is 20.3 Å². The fourth-order valence-corrected chi connectivity index (χ4v) is 2.68. The molecule has 0 spiro atoms. The summed E-state index contributed by atoms with van der Waals surface area (Å²) in [4.78, 5) is 3.93. The summed E-state index contributed by atoms with van der Waals surface area (Å²) < 4.78 is 31.5. The van der Waals surface area contributed by atoms with E-state index < -0.39 is 10.2 Å². The van der Waals surface area contributed by atoms with Crippen molar-refractivity contribution in [3.63, 3.8) is 0 Å². The molecule has 0 aromatic carbocycles. The molecule has 6 nitrogen and oxygen atoms in total. The lowest BCUT2D eigenvalue weighted by Gasteiger charge is -2.38. The number of pyridine rings is 1. The number of nitrogens with zero attached hydrogens (tertiary/aromatic N) is 3. The Hall–Kier alpha value is -1.18. The van der Waals surface area contributed by atoms with E-state index in [4.69, 9.17) is 4.74 Å². The van der Waals surface area contributed by atoms with E-state index in [0.29, 0.717) is 18.8 Å². The van der Waals surface area contributed by atoms with Gasteiger partial charge in [-0.3, -0.25) is 4.98 Å². The van der Waals surface area contributed by atoms with Crippen LogP contribution in [0.1, 0.15) is 0 Å². The van der Waals surface area contributed by atoms with Gasteiger partial charge in [-0.1, -0.05) is 0 Å². The third kappa shape index (κ3) is 2.56. The van der Waals surface area contributed by atoms with Crippen molar-refractivity contribution < 1.29 is 13.2 Å². The summed E-state index contributed by atoms with van der Waals surface area (Å²) in [5, 5.41) is 0. The van der Waals surface area contributed by atoms with Gasteiger partial charge in [0.25, 0.3) is 10.2 Å². The zero-order chi connectivity index (χ0) is 12.5. The summed E-state index contributed by atoms with van der Waals surface area (Å²) in [6.07, 6.45) is 3.19. The normalized spacial score (nSPS) is 18.1. The molecule has 1 saturated heterocycles. The summed E-state index contributed by atoms with van der Waals surface area (Å²) in [6.45, 7) is 0.769. The Bertz CT molecular complexity index is 469. The van der Waals surface area contributed by atoms with Gasteiger partial charge in [-0.05, 0) is 12.1 Å². The van der Waals surface area contributed by atoms with E-state index in [1.165, 1.54) is 22.7 Å². The smallest absolute Gasteiger partial charge is 0.281 e. The number of hydrogen-bond acceptors (Lipinski definition) is 4. The van der Waals surface area contributed by atoms with Gasteiger partial charge < -0.3 is 4.74 Å². The van der Waals surface area contributed by atoms with Gasteiger partial charge in [-0.2, -0.15) is 17.0 Å². The first-order valence-corrected chi connectivity index (χ1v) is 6.64. The number of hydrogen-bond donors (Lipinski definition) is 0. The molecule has 0 unspecified atom stereocenters. The fraction of sp³-hybridized carbons (Fsp3) is 0.500. The molecule has 0 saturated carbocycles. The zero-order valence-electron chi connectivity index (χ0n) is 9.78. The van der Waals surface area contributed by atoms with E-state index in [9.17, 15) is 8.42 Å². The van der Waals surface area contributed by atoms with Gasteiger partial charge >= 0.3 is 0 Å². The van der Waals surface area contributed by atoms with Crippen molar-refractivity contribution in [3.05, 3.63) is 24.5 Å². The van der Waals surface area contributed by atoms with Crippen molar-refractivity contribution in [1.29, 1.82) is 0 Å². The topological polar surface area (TPSA) is 62.7 Å². The van der Waals surface area contributed by atoms with Crippen LogP contribution in [0.4, 0.5) is 0 Å². The molecule has 0 bridgehead atoms. The average Bonchev–Trinajstić information content (AvgIpc) is 2.23. The lowest BCUT2D eigenvalue weighted by molar-refractivity contribution is 0.0724. The molecule has 1 fully saturated rings. The monoisotopic (exact) mass is 257 g/mol.